The molecule has 0 aromatic heterocycles. The van der Waals surface area contributed by atoms with Crippen molar-refractivity contribution in [1.82, 2.24) is 0 Å². The van der Waals surface area contributed by atoms with E-state index in [1.54, 1.807) is 48.5 Å². The first-order valence-electron chi connectivity index (χ1n) is 14.0. The Labute approximate surface area is 331 Å². The number of azo groups is 2. The van der Waals surface area contributed by atoms with Gasteiger partial charge in [0.05, 0.1) is 32.5 Å². The van der Waals surface area contributed by atoms with E-state index >= 15 is 0 Å². The van der Waals surface area contributed by atoms with Gasteiger partial charge in [-0.05, 0) is 60.7 Å². The molecular formula is C34H22N6Na2O6S2. The molecule has 16 heteroatoms. The van der Waals surface area contributed by atoms with Crippen molar-refractivity contribution in [3.8, 4) is 11.8 Å². The molecule has 238 valence electrons. The molecule has 0 unspecified atom stereocenters. The summed E-state index contributed by atoms with van der Waals surface area (Å²) >= 11 is 0. The molecule has 0 atom stereocenters. The summed E-state index contributed by atoms with van der Waals surface area (Å²) in [6.45, 7) is 0. The topological polar surface area (TPSA) is 216 Å². The zero-order chi connectivity index (χ0) is 34.1. The Hall–Kier alpha value is -3.98. The Morgan fingerprint density at radius 2 is 0.840 bits per heavy atom. The number of nitrogens with two attached hydrogens (primary N) is 2. The molecule has 0 saturated heterocycles. The summed E-state index contributed by atoms with van der Waals surface area (Å²) in [6.07, 6.45) is 0. The van der Waals surface area contributed by atoms with Gasteiger partial charge in [0.2, 0.25) is 0 Å². The zero-order valence-corrected chi connectivity index (χ0v) is 32.2. The van der Waals surface area contributed by atoms with Crippen LogP contribution in [0.3, 0.4) is 0 Å². The van der Waals surface area contributed by atoms with Crippen LogP contribution in [0.15, 0.2) is 139 Å². The number of nitrogen functional groups attached to an aromatic ring is 2. The van der Waals surface area contributed by atoms with Crippen LogP contribution in [0.2, 0.25) is 0 Å². The number of anilines is 2. The largest absolute Gasteiger partial charge is 1.00 e. The SMILES string of the molecule is Nc1ccc(N=Nc2ccc(C#Cc3ccc(N=Nc4ccc(N)c5ccccc45)cc3S(=O)(=O)[O-])c(S(=O)(=O)[O-])c2)c2ccccc12.[Na+].[Na+]. The minimum Gasteiger partial charge on any atom is -0.744 e. The molecule has 0 fully saturated rings. The minimum atomic E-state index is -5.07. The molecule has 0 aliphatic carbocycles. The number of rotatable bonds is 6. The van der Waals surface area contributed by atoms with Crippen LogP contribution in [-0.2, 0) is 20.2 Å². The zero-order valence-electron chi connectivity index (χ0n) is 26.6. The molecule has 0 bridgehead atoms. The Kier molecular flexibility index (Phi) is 12.4. The first-order valence-corrected chi connectivity index (χ1v) is 16.8. The van der Waals surface area contributed by atoms with E-state index in [0.717, 1.165) is 33.7 Å². The molecular weight excluding hydrogens is 699 g/mol. The Morgan fingerprint density at radius 3 is 1.20 bits per heavy atom. The third-order valence-corrected chi connectivity index (χ3v) is 8.97. The molecule has 4 N–H and O–H groups in total. The molecule has 0 saturated carbocycles. The van der Waals surface area contributed by atoms with Gasteiger partial charge in [-0.1, -0.05) is 60.4 Å². The van der Waals surface area contributed by atoms with Gasteiger partial charge in [-0.15, -0.1) is 10.2 Å². The van der Waals surface area contributed by atoms with Gasteiger partial charge in [-0.2, -0.15) is 10.2 Å². The normalized spacial score (nSPS) is 11.6. The summed E-state index contributed by atoms with van der Waals surface area (Å²) in [5.74, 6) is 5.00. The smallest absolute Gasteiger partial charge is 0.744 e. The summed E-state index contributed by atoms with van der Waals surface area (Å²) in [5.41, 5.74) is 13.7. The van der Waals surface area contributed by atoms with Gasteiger partial charge in [0, 0.05) is 44.0 Å². The second-order valence-electron chi connectivity index (χ2n) is 10.4. The fourth-order valence-electron chi connectivity index (χ4n) is 4.91. The van der Waals surface area contributed by atoms with E-state index in [1.807, 2.05) is 24.3 Å². The average molecular weight is 721 g/mol. The maximum Gasteiger partial charge on any atom is 1.00 e. The van der Waals surface area contributed by atoms with Crippen molar-refractivity contribution in [2.45, 2.75) is 9.79 Å². The number of fused-ring (bicyclic) bond motifs is 2. The monoisotopic (exact) mass is 720 g/mol. The molecule has 12 nitrogen and oxygen atoms in total. The van der Waals surface area contributed by atoms with Crippen LogP contribution in [0, 0.1) is 11.8 Å². The average Bonchev–Trinajstić information content (AvgIpc) is 3.06. The predicted octanol–water partition coefficient (Wildman–Crippen LogP) is 1.20. The first kappa shape index (κ1) is 38.8. The van der Waals surface area contributed by atoms with Gasteiger partial charge in [0.15, 0.2) is 0 Å². The second-order valence-corrected chi connectivity index (χ2v) is 13.1. The maximum atomic E-state index is 12.2. The van der Waals surface area contributed by atoms with E-state index in [0.29, 0.717) is 22.7 Å². The van der Waals surface area contributed by atoms with Crippen molar-refractivity contribution in [3.05, 3.63) is 120 Å². The van der Waals surface area contributed by atoms with Gasteiger partial charge in [-0.3, -0.25) is 0 Å². The number of hydrogen-bond donors (Lipinski definition) is 2. The fourth-order valence-corrected chi connectivity index (χ4v) is 6.22. The van der Waals surface area contributed by atoms with E-state index in [9.17, 15) is 25.9 Å². The van der Waals surface area contributed by atoms with E-state index < -0.39 is 30.0 Å². The Morgan fingerprint density at radius 1 is 0.480 bits per heavy atom. The van der Waals surface area contributed by atoms with Gasteiger partial charge in [0.25, 0.3) is 0 Å². The molecule has 6 rings (SSSR count). The van der Waals surface area contributed by atoms with E-state index in [2.05, 4.69) is 32.3 Å². The molecule has 0 amide bonds. The Bertz CT molecular complexity index is 2440. The summed E-state index contributed by atoms with van der Waals surface area (Å²) in [4.78, 5) is -1.41. The van der Waals surface area contributed by atoms with Crippen LogP contribution in [0.1, 0.15) is 11.1 Å². The standard InChI is InChI=1S/C34H24N6O6S2.2Na/c35-29-15-17-31(27-7-3-1-5-25(27)29)39-37-23-13-11-21(33(19-23)47(41,42)43)9-10-22-12-14-24(20-34(22)48(44,45)46)38-40-32-18-16-30(36)26-6-2-4-8-28(26)32;;/h1-8,11-20H,35-36H2,(H,41,42,43)(H,44,45,46);;/q;2*+1/p-2. The second kappa shape index (κ2) is 15.9. The van der Waals surface area contributed by atoms with Gasteiger partial charge in [0.1, 0.15) is 20.2 Å². The molecule has 6 aromatic rings. The fraction of sp³-hybridized carbons (Fsp3) is 0. The van der Waals surface area contributed by atoms with Crippen molar-refractivity contribution in [3.63, 3.8) is 0 Å². The number of nitrogens with zero attached hydrogens (tertiary/aromatic N) is 4. The third kappa shape index (κ3) is 8.66. The van der Waals surface area contributed by atoms with Crippen LogP contribution in [-0.4, -0.2) is 25.9 Å². The molecule has 0 spiro atoms. The van der Waals surface area contributed by atoms with Crippen molar-refractivity contribution >= 4 is 75.9 Å². The van der Waals surface area contributed by atoms with Gasteiger partial charge in [-0.25, -0.2) is 16.8 Å². The number of hydrogen-bond acceptors (Lipinski definition) is 12. The summed E-state index contributed by atoms with van der Waals surface area (Å²) < 4.78 is 73.1. The van der Waals surface area contributed by atoms with Gasteiger partial charge >= 0.3 is 59.1 Å². The van der Waals surface area contributed by atoms with Crippen molar-refractivity contribution in [2.75, 3.05) is 11.5 Å². The van der Waals surface area contributed by atoms with Crippen LogP contribution >= 0.6 is 0 Å². The molecule has 50 heavy (non-hydrogen) atoms. The minimum absolute atomic E-state index is 0. The molecule has 6 aromatic carbocycles. The van der Waals surface area contributed by atoms with Crippen LogP contribution in [0.4, 0.5) is 34.1 Å². The summed E-state index contributed by atoms with van der Waals surface area (Å²) in [5, 5.41) is 19.5. The first-order chi connectivity index (χ1) is 22.9. The summed E-state index contributed by atoms with van der Waals surface area (Å²) in [6, 6.07) is 28.4. The van der Waals surface area contributed by atoms with Crippen molar-refractivity contribution in [1.29, 1.82) is 0 Å². The van der Waals surface area contributed by atoms with Crippen molar-refractivity contribution in [2.24, 2.45) is 20.5 Å². The third-order valence-electron chi connectivity index (χ3n) is 7.22. The molecule has 0 aliphatic heterocycles. The molecule has 0 heterocycles. The quantitative estimate of drug-likeness (QED) is 0.0836. The molecule has 0 radical (unpaired) electrons. The molecule has 0 aliphatic rings. The maximum absolute atomic E-state index is 12.2. The van der Waals surface area contributed by atoms with Crippen LogP contribution in [0.5, 0.6) is 0 Å². The van der Waals surface area contributed by atoms with Crippen molar-refractivity contribution < 1.29 is 85.1 Å². The van der Waals surface area contributed by atoms with E-state index in [-0.39, 0.29) is 81.6 Å². The van der Waals surface area contributed by atoms with Crippen LogP contribution in [0.25, 0.3) is 21.5 Å². The van der Waals surface area contributed by atoms with Gasteiger partial charge < -0.3 is 20.6 Å². The van der Waals surface area contributed by atoms with Crippen LogP contribution < -0.4 is 70.6 Å². The number of benzene rings is 6. The predicted molar refractivity (Wildman–Crippen MR) is 180 cm³/mol. The summed E-state index contributed by atoms with van der Waals surface area (Å²) in [7, 11) is -10.1. The Balaban J connectivity index is 0.00000281. The van der Waals surface area contributed by atoms with E-state index in [1.165, 1.54) is 24.3 Å². The van der Waals surface area contributed by atoms with E-state index in [4.69, 9.17) is 11.5 Å².